The van der Waals surface area contributed by atoms with Crippen LogP contribution in [0.1, 0.15) is 52.4 Å². The molecule has 3 N–H and O–H groups in total. The second-order valence-corrected chi connectivity index (χ2v) is 8.09. The summed E-state index contributed by atoms with van der Waals surface area (Å²) in [7, 11) is 3.34. The Morgan fingerprint density at radius 1 is 1.38 bits per heavy atom. The van der Waals surface area contributed by atoms with Crippen LogP contribution in [0, 0.1) is 17.8 Å². The number of aliphatic hydroxyl groups is 2. The highest BCUT2D eigenvalue weighted by molar-refractivity contribution is 5.69. The molecule has 148 valence electrons. The minimum atomic E-state index is -0.856. The first-order valence-electron chi connectivity index (χ1n) is 9.84. The summed E-state index contributed by atoms with van der Waals surface area (Å²) < 4.78 is 4.56. The molecule has 0 bridgehead atoms. The van der Waals surface area contributed by atoms with Gasteiger partial charge in [-0.05, 0) is 62.5 Å². The number of carbonyl (C=O) groups excluding carboxylic acids is 1. The molecular formula is C21H35NO4. The van der Waals surface area contributed by atoms with Crippen LogP contribution < -0.4 is 5.32 Å². The van der Waals surface area contributed by atoms with Crippen LogP contribution in [-0.2, 0) is 9.53 Å². The molecule has 2 aliphatic rings. The lowest BCUT2D eigenvalue weighted by Gasteiger charge is -2.50. The molecule has 0 aromatic rings. The fourth-order valence-electron chi connectivity index (χ4n) is 4.71. The topological polar surface area (TPSA) is 78.8 Å². The minimum Gasteiger partial charge on any atom is -0.469 e. The zero-order chi connectivity index (χ0) is 19.3. The molecule has 0 spiro atoms. The van der Waals surface area contributed by atoms with Gasteiger partial charge in [-0.25, -0.2) is 0 Å². The van der Waals surface area contributed by atoms with Gasteiger partial charge in [-0.1, -0.05) is 32.1 Å². The van der Waals surface area contributed by atoms with Crippen molar-refractivity contribution in [3.05, 3.63) is 23.8 Å². The monoisotopic (exact) mass is 365 g/mol. The first-order chi connectivity index (χ1) is 12.3. The summed E-state index contributed by atoms with van der Waals surface area (Å²) in [5.41, 5.74) is 1.35. The van der Waals surface area contributed by atoms with Gasteiger partial charge in [0.2, 0.25) is 0 Å². The maximum atomic E-state index is 11.2. The predicted octanol–water partition coefficient (Wildman–Crippen LogP) is 2.58. The molecule has 6 atom stereocenters. The number of carbonyl (C=O) groups is 1. The molecule has 0 aromatic carbocycles. The maximum Gasteiger partial charge on any atom is 0.308 e. The molecular weight excluding hydrogens is 330 g/mol. The quantitative estimate of drug-likeness (QED) is 0.576. The summed E-state index contributed by atoms with van der Waals surface area (Å²) in [5, 5.41) is 23.9. The molecule has 26 heavy (non-hydrogen) atoms. The van der Waals surface area contributed by atoms with E-state index in [2.05, 4.69) is 42.1 Å². The van der Waals surface area contributed by atoms with Gasteiger partial charge in [-0.15, -0.1) is 0 Å². The van der Waals surface area contributed by atoms with Crippen LogP contribution in [0.4, 0.5) is 0 Å². The number of methoxy groups -OCH3 is 1. The van der Waals surface area contributed by atoms with E-state index in [9.17, 15) is 15.0 Å². The summed E-state index contributed by atoms with van der Waals surface area (Å²) in [6.45, 7) is 4.51. The predicted molar refractivity (Wildman–Crippen MR) is 103 cm³/mol. The molecule has 0 amide bonds. The number of rotatable bonds is 8. The molecule has 5 nitrogen and oxygen atoms in total. The van der Waals surface area contributed by atoms with Crippen molar-refractivity contribution >= 4 is 5.97 Å². The highest BCUT2D eigenvalue weighted by atomic mass is 16.5. The lowest BCUT2D eigenvalue weighted by Crippen LogP contribution is -2.55. The molecule has 0 heterocycles. The van der Waals surface area contributed by atoms with Crippen LogP contribution in [0.15, 0.2) is 23.8 Å². The lowest BCUT2D eigenvalue weighted by atomic mass is 9.61. The van der Waals surface area contributed by atoms with Crippen molar-refractivity contribution in [2.24, 2.45) is 17.8 Å². The van der Waals surface area contributed by atoms with Crippen LogP contribution in [-0.4, -0.2) is 48.1 Å². The van der Waals surface area contributed by atoms with Crippen LogP contribution in [0.5, 0.6) is 0 Å². The number of allylic oxidation sites excluding steroid dienone is 2. The molecule has 0 aliphatic heterocycles. The van der Waals surface area contributed by atoms with Crippen LogP contribution in [0.3, 0.4) is 0 Å². The number of esters is 1. The Morgan fingerprint density at radius 3 is 2.77 bits per heavy atom. The zero-order valence-corrected chi connectivity index (χ0v) is 16.6. The number of likely N-dealkylation sites (N-methyl/N-ethyl adjacent to an activating group) is 1. The third-order valence-corrected chi connectivity index (χ3v) is 6.25. The van der Waals surface area contributed by atoms with E-state index in [-0.39, 0.29) is 18.4 Å². The lowest BCUT2D eigenvalue weighted by molar-refractivity contribution is -0.143. The van der Waals surface area contributed by atoms with Crippen molar-refractivity contribution in [1.29, 1.82) is 0 Å². The Labute approximate surface area is 157 Å². The summed E-state index contributed by atoms with van der Waals surface area (Å²) in [6.07, 6.45) is 9.37. The average molecular weight is 366 g/mol. The van der Waals surface area contributed by atoms with Crippen molar-refractivity contribution in [3.63, 3.8) is 0 Å². The minimum absolute atomic E-state index is 0.0228. The number of fused-ring (bicyclic) bond motifs is 1. The molecule has 2 rings (SSSR count). The van der Waals surface area contributed by atoms with Crippen molar-refractivity contribution in [2.45, 2.75) is 70.1 Å². The van der Waals surface area contributed by atoms with E-state index in [0.29, 0.717) is 24.2 Å². The van der Waals surface area contributed by atoms with Crippen molar-refractivity contribution < 1.29 is 19.7 Å². The van der Waals surface area contributed by atoms with Gasteiger partial charge < -0.3 is 20.3 Å². The molecule has 0 fully saturated rings. The molecule has 2 aliphatic carbocycles. The summed E-state index contributed by atoms with van der Waals surface area (Å²) >= 11 is 0. The van der Waals surface area contributed by atoms with E-state index in [1.165, 1.54) is 19.1 Å². The summed E-state index contributed by atoms with van der Waals surface area (Å²) in [6, 6.07) is 0. The Balaban J connectivity index is 2.00. The van der Waals surface area contributed by atoms with E-state index in [1.807, 2.05) is 7.05 Å². The third-order valence-electron chi connectivity index (χ3n) is 6.25. The maximum absolute atomic E-state index is 11.2. The first kappa shape index (κ1) is 21.1. The van der Waals surface area contributed by atoms with Gasteiger partial charge in [0.15, 0.2) is 0 Å². The zero-order valence-electron chi connectivity index (χ0n) is 16.6. The van der Waals surface area contributed by atoms with Gasteiger partial charge in [0.1, 0.15) is 0 Å². The highest BCUT2D eigenvalue weighted by Crippen LogP contribution is 2.46. The normalized spacial score (nSPS) is 33.2. The number of aliphatic hydroxyl groups excluding tert-OH is 2. The summed E-state index contributed by atoms with van der Waals surface area (Å²) in [5.74, 6) is 0.990. The number of hydrogen-bond donors (Lipinski definition) is 3. The van der Waals surface area contributed by atoms with Crippen LogP contribution in [0.25, 0.3) is 0 Å². The Kier molecular flexibility index (Phi) is 7.44. The smallest absolute Gasteiger partial charge is 0.308 e. The van der Waals surface area contributed by atoms with Gasteiger partial charge in [0.05, 0.1) is 25.7 Å². The van der Waals surface area contributed by atoms with Gasteiger partial charge in [0.25, 0.3) is 0 Å². The largest absolute Gasteiger partial charge is 0.469 e. The Bertz CT molecular complexity index is 544. The van der Waals surface area contributed by atoms with Gasteiger partial charge >= 0.3 is 5.97 Å². The molecule has 0 saturated carbocycles. The number of hydrogen-bond acceptors (Lipinski definition) is 5. The standard InChI is InChI=1S/C21H35NO4/c1-14-9-10-21(22-3)16(11-14)6-5-15(2)19(21)8-7-17(23)12-18(24)13-20(25)26-4/h5-6,11,14-15,17-19,22-24H,7-10,12-13H2,1-4H3/t14-,15+,17-,18-,19+,21-/m1/s1. The Morgan fingerprint density at radius 2 is 2.12 bits per heavy atom. The van der Waals surface area contributed by atoms with E-state index >= 15 is 0 Å². The van der Waals surface area contributed by atoms with E-state index in [1.54, 1.807) is 0 Å². The highest BCUT2D eigenvalue weighted by Gasteiger charge is 2.45. The van der Waals surface area contributed by atoms with Crippen LogP contribution in [0.2, 0.25) is 0 Å². The Hall–Kier alpha value is -1.17. The van der Waals surface area contributed by atoms with Gasteiger partial charge in [0, 0.05) is 5.54 Å². The van der Waals surface area contributed by atoms with Gasteiger partial charge in [-0.2, -0.15) is 0 Å². The van der Waals surface area contributed by atoms with Gasteiger partial charge in [-0.3, -0.25) is 4.79 Å². The second-order valence-electron chi connectivity index (χ2n) is 8.09. The number of nitrogens with one attached hydrogen (secondary N) is 1. The molecule has 0 radical (unpaired) electrons. The summed E-state index contributed by atoms with van der Waals surface area (Å²) in [4.78, 5) is 11.2. The molecule has 0 aromatic heterocycles. The molecule has 5 heteroatoms. The average Bonchev–Trinajstić information content (AvgIpc) is 2.60. The van der Waals surface area contributed by atoms with Crippen LogP contribution >= 0.6 is 0 Å². The fraction of sp³-hybridized carbons (Fsp3) is 0.762. The first-order valence-corrected chi connectivity index (χ1v) is 9.84. The third kappa shape index (κ3) is 4.76. The molecule has 0 saturated heterocycles. The molecule has 0 unspecified atom stereocenters. The van der Waals surface area contributed by atoms with E-state index in [4.69, 9.17) is 0 Å². The SMILES string of the molecule is CN[C@]12CC[C@@H](C)C=C1C=C[C@H](C)[C@@H]2CC[C@@H](O)C[C@@H](O)CC(=O)OC. The van der Waals surface area contributed by atoms with Crippen molar-refractivity contribution in [3.8, 4) is 0 Å². The van der Waals surface area contributed by atoms with E-state index in [0.717, 1.165) is 12.8 Å². The number of ether oxygens (including phenoxy) is 1. The van der Waals surface area contributed by atoms with E-state index < -0.39 is 18.2 Å². The van der Waals surface area contributed by atoms with Crippen molar-refractivity contribution in [2.75, 3.05) is 14.2 Å². The second kappa shape index (κ2) is 9.16. The fourth-order valence-corrected chi connectivity index (χ4v) is 4.71. The van der Waals surface area contributed by atoms with Crippen molar-refractivity contribution in [1.82, 2.24) is 5.32 Å².